The van der Waals surface area contributed by atoms with Gasteiger partial charge in [0.2, 0.25) is 11.8 Å². The molecule has 19 heavy (non-hydrogen) atoms. The summed E-state index contributed by atoms with van der Waals surface area (Å²) in [6.07, 6.45) is -0.788. The van der Waals surface area contributed by atoms with Crippen molar-refractivity contribution in [2.24, 2.45) is 0 Å². The summed E-state index contributed by atoms with van der Waals surface area (Å²) in [7, 11) is 1.30. The van der Waals surface area contributed by atoms with Crippen LogP contribution in [0.25, 0.3) is 0 Å². The Labute approximate surface area is 108 Å². The number of likely N-dealkylation sites (tertiary alicyclic amines) is 1. The number of benzene rings is 1. The van der Waals surface area contributed by atoms with Crippen molar-refractivity contribution in [2.75, 3.05) is 7.05 Å². The molecule has 0 aliphatic carbocycles. The van der Waals surface area contributed by atoms with Gasteiger partial charge in [-0.05, 0) is 17.7 Å². The van der Waals surface area contributed by atoms with Crippen LogP contribution in [0.3, 0.4) is 0 Å². The number of imide groups is 1. The van der Waals surface area contributed by atoms with Crippen LogP contribution < -0.4 is 0 Å². The first-order chi connectivity index (χ1) is 8.86. The van der Waals surface area contributed by atoms with Gasteiger partial charge in [-0.3, -0.25) is 19.3 Å². The molecule has 100 valence electrons. The first kappa shape index (κ1) is 13.2. The van der Waals surface area contributed by atoms with Gasteiger partial charge in [0.15, 0.2) is 0 Å². The molecule has 1 fully saturated rings. The summed E-state index contributed by atoms with van der Waals surface area (Å²) < 4.78 is 13.3. The van der Waals surface area contributed by atoms with Gasteiger partial charge in [-0.15, -0.1) is 0 Å². The smallest absolute Gasteiger partial charge is 0.304 e. The van der Waals surface area contributed by atoms with Crippen LogP contribution >= 0.6 is 0 Å². The van der Waals surface area contributed by atoms with E-state index in [0.717, 1.165) is 11.0 Å². The molecule has 5 nitrogen and oxygen atoms in total. The average Bonchev–Trinajstić information content (AvgIpc) is 2.54. The third kappa shape index (κ3) is 2.09. The molecule has 2 rings (SSSR count). The summed E-state index contributed by atoms with van der Waals surface area (Å²) in [6.45, 7) is 0. The number of nitrogens with zero attached hydrogens (tertiary/aromatic N) is 1. The van der Waals surface area contributed by atoms with Crippen molar-refractivity contribution in [3.05, 3.63) is 35.6 Å². The monoisotopic (exact) mass is 265 g/mol. The van der Waals surface area contributed by atoms with Crippen LogP contribution in [0.15, 0.2) is 24.3 Å². The quantitative estimate of drug-likeness (QED) is 0.825. The lowest BCUT2D eigenvalue weighted by atomic mass is 9.76. The van der Waals surface area contributed by atoms with E-state index in [0.29, 0.717) is 0 Å². The molecular weight excluding hydrogens is 253 g/mol. The minimum absolute atomic E-state index is 0.220. The zero-order chi connectivity index (χ0) is 14.2. The number of likely N-dealkylation sites (N-methyl/N-ethyl adjacent to an activating group) is 1. The van der Waals surface area contributed by atoms with E-state index in [9.17, 15) is 18.8 Å². The Morgan fingerprint density at radius 2 is 2.16 bits per heavy atom. The van der Waals surface area contributed by atoms with Crippen LogP contribution in [0, 0.1) is 5.82 Å². The van der Waals surface area contributed by atoms with Crippen LogP contribution in [0.5, 0.6) is 0 Å². The predicted molar refractivity (Wildman–Crippen MR) is 62.7 cm³/mol. The van der Waals surface area contributed by atoms with Crippen molar-refractivity contribution in [3.63, 3.8) is 0 Å². The zero-order valence-corrected chi connectivity index (χ0v) is 10.2. The van der Waals surface area contributed by atoms with Crippen molar-refractivity contribution in [3.8, 4) is 0 Å². The third-order valence-electron chi connectivity index (χ3n) is 3.37. The molecule has 1 aromatic rings. The van der Waals surface area contributed by atoms with E-state index in [-0.39, 0.29) is 12.0 Å². The first-order valence-electron chi connectivity index (χ1n) is 5.65. The molecule has 0 bridgehead atoms. The highest BCUT2D eigenvalue weighted by atomic mass is 19.1. The molecule has 0 spiro atoms. The number of amides is 2. The minimum Gasteiger partial charge on any atom is -0.481 e. The van der Waals surface area contributed by atoms with Crippen molar-refractivity contribution < 1.29 is 23.9 Å². The molecule has 1 aliphatic heterocycles. The fourth-order valence-corrected chi connectivity index (χ4v) is 2.40. The molecule has 0 saturated carbocycles. The second-order valence-corrected chi connectivity index (χ2v) is 4.60. The van der Waals surface area contributed by atoms with E-state index >= 15 is 0 Å². The molecule has 1 aromatic carbocycles. The highest BCUT2D eigenvalue weighted by Crippen LogP contribution is 2.39. The van der Waals surface area contributed by atoms with E-state index in [1.165, 1.54) is 25.2 Å². The summed E-state index contributed by atoms with van der Waals surface area (Å²) >= 11 is 0. The molecule has 6 heteroatoms. The van der Waals surface area contributed by atoms with Crippen LogP contribution in [0.2, 0.25) is 0 Å². The summed E-state index contributed by atoms with van der Waals surface area (Å²) in [5, 5.41) is 8.98. The fourth-order valence-electron chi connectivity index (χ4n) is 2.40. The largest absolute Gasteiger partial charge is 0.481 e. The van der Waals surface area contributed by atoms with E-state index in [1.807, 2.05) is 0 Å². The second kappa shape index (κ2) is 4.46. The number of hydrogen-bond donors (Lipinski definition) is 1. The summed E-state index contributed by atoms with van der Waals surface area (Å²) in [5.74, 6) is -2.85. The van der Waals surface area contributed by atoms with Gasteiger partial charge >= 0.3 is 5.97 Å². The number of rotatable bonds is 3. The Kier molecular flexibility index (Phi) is 3.09. The van der Waals surface area contributed by atoms with Gasteiger partial charge in [-0.25, -0.2) is 4.39 Å². The van der Waals surface area contributed by atoms with Gasteiger partial charge in [0.25, 0.3) is 0 Å². The number of hydrogen-bond acceptors (Lipinski definition) is 3. The normalized spacial score (nSPS) is 22.9. The van der Waals surface area contributed by atoms with Crippen LogP contribution in [-0.4, -0.2) is 34.8 Å². The van der Waals surface area contributed by atoms with Crippen molar-refractivity contribution >= 4 is 17.8 Å². The van der Waals surface area contributed by atoms with Crippen molar-refractivity contribution in [2.45, 2.75) is 18.3 Å². The Morgan fingerprint density at radius 3 is 2.63 bits per heavy atom. The summed E-state index contributed by atoms with van der Waals surface area (Å²) in [6, 6.07) is 5.16. The van der Waals surface area contributed by atoms with Crippen molar-refractivity contribution in [1.29, 1.82) is 0 Å². The molecule has 1 N–H and O–H groups in total. The lowest BCUT2D eigenvalue weighted by molar-refractivity contribution is -0.144. The van der Waals surface area contributed by atoms with Gasteiger partial charge in [-0.1, -0.05) is 12.1 Å². The Hall–Kier alpha value is -2.24. The molecule has 2 amide bonds. The highest BCUT2D eigenvalue weighted by Gasteiger charge is 2.52. The molecule has 0 aromatic heterocycles. The van der Waals surface area contributed by atoms with E-state index in [2.05, 4.69) is 0 Å². The zero-order valence-electron chi connectivity index (χ0n) is 10.2. The fraction of sp³-hybridized carbons (Fsp3) is 0.308. The molecule has 1 atom stereocenters. The van der Waals surface area contributed by atoms with Crippen LogP contribution in [-0.2, 0) is 19.8 Å². The lowest BCUT2D eigenvalue weighted by Crippen LogP contribution is -2.38. The summed E-state index contributed by atoms with van der Waals surface area (Å²) in [5.41, 5.74) is -1.28. The molecular formula is C13H12FNO4. The van der Waals surface area contributed by atoms with E-state index < -0.39 is 35.4 Å². The standard InChI is InChI=1S/C13H12FNO4/c1-15-10(16)6-13(12(15)19,7-11(17)18)8-3-2-4-9(14)5-8/h2-5H,6-7H2,1H3,(H,17,18)/t13-/m1/s1. The number of carboxylic acid groups (broad SMARTS) is 1. The highest BCUT2D eigenvalue weighted by molar-refractivity contribution is 6.10. The minimum atomic E-state index is -1.50. The molecule has 1 heterocycles. The molecule has 0 radical (unpaired) electrons. The van der Waals surface area contributed by atoms with Crippen LogP contribution in [0.4, 0.5) is 4.39 Å². The van der Waals surface area contributed by atoms with Gasteiger partial charge in [0.1, 0.15) is 5.82 Å². The second-order valence-electron chi connectivity index (χ2n) is 4.60. The number of carboxylic acids is 1. The average molecular weight is 265 g/mol. The maximum atomic E-state index is 13.3. The Bertz CT molecular complexity index is 568. The lowest BCUT2D eigenvalue weighted by Gasteiger charge is -2.24. The summed E-state index contributed by atoms with van der Waals surface area (Å²) in [4.78, 5) is 35.8. The van der Waals surface area contributed by atoms with Gasteiger partial charge < -0.3 is 5.11 Å². The van der Waals surface area contributed by atoms with Gasteiger partial charge in [0, 0.05) is 13.5 Å². The number of halogens is 1. The van der Waals surface area contributed by atoms with Crippen LogP contribution in [0.1, 0.15) is 18.4 Å². The topological polar surface area (TPSA) is 74.7 Å². The Morgan fingerprint density at radius 1 is 1.47 bits per heavy atom. The number of carbonyl (C=O) groups excluding carboxylic acids is 2. The molecule has 0 unspecified atom stereocenters. The van der Waals surface area contributed by atoms with E-state index in [4.69, 9.17) is 5.11 Å². The SMILES string of the molecule is CN1C(=O)C[C@@](CC(=O)O)(c2cccc(F)c2)C1=O. The maximum Gasteiger partial charge on any atom is 0.304 e. The molecule has 1 aliphatic rings. The number of carbonyl (C=O) groups is 3. The van der Waals surface area contributed by atoms with Gasteiger partial charge in [0.05, 0.1) is 11.8 Å². The Balaban J connectivity index is 2.56. The first-order valence-corrected chi connectivity index (χ1v) is 5.65. The van der Waals surface area contributed by atoms with Gasteiger partial charge in [-0.2, -0.15) is 0 Å². The maximum absolute atomic E-state index is 13.3. The third-order valence-corrected chi connectivity index (χ3v) is 3.37. The van der Waals surface area contributed by atoms with E-state index in [1.54, 1.807) is 0 Å². The van der Waals surface area contributed by atoms with Crippen molar-refractivity contribution in [1.82, 2.24) is 4.90 Å². The predicted octanol–water partition coefficient (Wildman–Crippen LogP) is 0.927. The molecule has 1 saturated heterocycles. The number of aliphatic carboxylic acids is 1.